The first-order valence-electron chi connectivity index (χ1n) is 11.8. The van der Waals surface area contributed by atoms with Crippen molar-refractivity contribution in [3.05, 3.63) is 35.4 Å². The molecule has 0 aliphatic carbocycles. The molecule has 0 saturated carbocycles. The third-order valence-electron chi connectivity index (χ3n) is 5.24. The highest BCUT2D eigenvalue weighted by Gasteiger charge is 2.31. The highest BCUT2D eigenvalue weighted by molar-refractivity contribution is 5.94. The minimum Gasteiger partial charge on any atom is -0.481 e. The molecule has 0 spiro atoms. The van der Waals surface area contributed by atoms with E-state index < -0.39 is 84.5 Å². The zero-order chi connectivity index (χ0) is 30.6. The quantitative estimate of drug-likeness (QED) is 0.211. The SMILES string of the molecule is COC(=O)[C@H](CC(=O)O)NC(=O)[C@H](C)NC(=O)[C@@H](NC(=O)CNC(=O)OCc1ccc(C(F)(F)F)cc1)C(C)C. The maximum atomic E-state index is 12.7. The summed E-state index contributed by atoms with van der Waals surface area (Å²) in [5.41, 5.74) is -0.581. The fourth-order valence-corrected chi connectivity index (χ4v) is 3.08. The molecule has 1 aromatic rings. The zero-order valence-electron chi connectivity index (χ0n) is 22.1. The summed E-state index contributed by atoms with van der Waals surface area (Å²) < 4.78 is 47.1. The summed E-state index contributed by atoms with van der Waals surface area (Å²) in [4.78, 5) is 71.9. The molecule has 0 unspecified atom stereocenters. The maximum absolute atomic E-state index is 12.7. The van der Waals surface area contributed by atoms with Crippen LogP contribution in [0.4, 0.5) is 18.0 Å². The van der Waals surface area contributed by atoms with Crippen LogP contribution < -0.4 is 21.3 Å². The van der Waals surface area contributed by atoms with Crippen LogP contribution in [0.15, 0.2) is 24.3 Å². The monoisotopic (exact) mass is 576 g/mol. The van der Waals surface area contributed by atoms with Gasteiger partial charge in [-0.15, -0.1) is 0 Å². The Hall–Kier alpha value is -4.37. The van der Waals surface area contributed by atoms with Crippen LogP contribution in [0.1, 0.15) is 38.3 Å². The van der Waals surface area contributed by atoms with E-state index in [0.717, 1.165) is 31.4 Å². The second-order valence-corrected chi connectivity index (χ2v) is 8.83. The summed E-state index contributed by atoms with van der Waals surface area (Å²) in [5.74, 6) is -5.27. The summed E-state index contributed by atoms with van der Waals surface area (Å²) in [6, 6.07) is 0.0706. The number of carbonyl (C=O) groups is 6. The van der Waals surface area contributed by atoms with E-state index in [1.807, 2.05) is 0 Å². The number of rotatable bonds is 13. The highest BCUT2D eigenvalue weighted by atomic mass is 19.4. The smallest absolute Gasteiger partial charge is 0.416 e. The normalized spacial score (nSPS) is 13.3. The van der Waals surface area contributed by atoms with Crippen molar-refractivity contribution in [2.45, 2.75) is 58.1 Å². The number of alkyl carbamates (subject to hydrolysis) is 1. The van der Waals surface area contributed by atoms with Crippen molar-refractivity contribution in [2.24, 2.45) is 5.92 Å². The van der Waals surface area contributed by atoms with Crippen LogP contribution in [-0.2, 0) is 46.2 Å². The van der Waals surface area contributed by atoms with Gasteiger partial charge in [0, 0.05) is 0 Å². The van der Waals surface area contributed by atoms with Crippen LogP contribution in [0.2, 0.25) is 0 Å². The third kappa shape index (κ3) is 11.6. The number of benzene rings is 1. The Morgan fingerprint density at radius 2 is 1.52 bits per heavy atom. The van der Waals surface area contributed by atoms with Gasteiger partial charge in [-0.3, -0.25) is 19.2 Å². The van der Waals surface area contributed by atoms with Gasteiger partial charge >= 0.3 is 24.2 Å². The van der Waals surface area contributed by atoms with Crippen molar-refractivity contribution in [1.29, 1.82) is 0 Å². The van der Waals surface area contributed by atoms with Crippen molar-refractivity contribution in [1.82, 2.24) is 21.3 Å². The molecule has 13 nitrogen and oxygen atoms in total. The molecule has 0 aliphatic heterocycles. The van der Waals surface area contributed by atoms with Crippen LogP contribution in [-0.4, -0.2) is 72.6 Å². The Bertz CT molecular complexity index is 1080. The number of carboxylic acid groups (broad SMARTS) is 1. The van der Waals surface area contributed by atoms with E-state index in [0.29, 0.717) is 0 Å². The number of alkyl halides is 3. The largest absolute Gasteiger partial charge is 0.481 e. The number of nitrogens with one attached hydrogen (secondary N) is 4. The van der Waals surface area contributed by atoms with Crippen molar-refractivity contribution in [2.75, 3.05) is 13.7 Å². The van der Waals surface area contributed by atoms with Gasteiger partial charge < -0.3 is 35.8 Å². The van der Waals surface area contributed by atoms with Crippen LogP contribution >= 0.6 is 0 Å². The molecule has 1 aromatic carbocycles. The Morgan fingerprint density at radius 1 is 0.925 bits per heavy atom. The maximum Gasteiger partial charge on any atom is 0.416 e. The molecule has 40 heavy (non-hydrogen) atoms. The van der Waals surface area contributed by atoms with Crippen molar-refractivity contribution in [3.63, 3.8) is 0 Å². The molecular formula is C24H31F3N4O9. The van der Waals surface area contributed by atoms with Crippen molar-refractivity contribution < 1.29 is 56.5 Å². The fourth-order valence-electron chi connectivity index (χ4n) is 3.08. The van der Waals surface area contributed by atoms with Crippen LogP contribution in [0.25, 0.3) is 0 Å². The van der Waals surface area contributed by atoms with Crippen molar-refractivity contribution in [3.8, 4) is 0 Å². The molecule has 4 amide bonds. The lowest BCUT2D eigenvalue weighted by Gasteiger charge is -2.24. The van der Waals surface area contributed by atoms with E-state index in [1.54, 1.807) is 13.8 Å². The first kappa shape index (κ1) is 33.7. The third-order valence-corrected chi connectivity index (χ3v) is 5.24. The predicted octanol–water partition coefficient (Wildman–Crippen LogP) is 0.710. The van der Waals surface area contributed by atoms with E-state index in [1.165, 1.54) is 6.92 Å². The summed E-state index contributed by atoms with van der Waals surface area (Å²) in [5, 5.41) is 18.0. The molecule has 0 radical (unpaired) electrons. The molecule has 5 N–H and O–H groups in total. The number of methoxy groups -OCH3 is 1. The van der Waals surface area contributed by atoms with Crippen molar-refractivity contribution >= 4 is 35.8 Å². The van der Waals surface area contributed by atoms with Gasteiger partial charge in [0.25, 0.3) is 0 Å². The van der Waals surface area contributed by atoms with Gasteiger partial charge in [-0.25, -0.2) is 9.59 Å². The summed E-state index contributed by atoms with van der Waals surface area (Å²) >= 11 is 0. The second-order valence-electron chi connectivity index (χ2n) is 8.83. The average Bonchev–Trinajstić information content (AvgIpc) is 2.87. The van der Waals surface area contributed by atoms with Gasteiger partial charge in [0.15, 0.2) is 0 Å². The Kier molecular flexibility index (Phi) is 12.9. The highest BCUT2D eigenvalue weighted by Crippen LogP contribution is 2.29. The molecule has 0 bridgehead atoms. The summed E-state index contributed by atoms with van der Waals surface area (Å²) in [6.07, 6.45) is -6.29. The molecule has 0 fully saturated rings. The minimum absolute atomic E-state index is 0.281. The second kappa shape index (κ2) is 15.3. The number of hydrogen-bond donors (Lipinski definition) is 5. The number of halogens is 3. The predicted molar refractivity (Wildman–Crippen MR) is 130 cm³/mol. The van der Waals surface area contributed by atoms with Gasteiger partial charge in [-0.2, -0.15) is 13.2 Å². The minimum atomic E-state index is -4.51. The van der Waals surface area contributed by atoms with E-state index in [9.17, 15) is 41.9 Å². The van der Waals surface area contributed by atoms with Gasteiger partial charge in [-0.05, 0) is 30.5 Å². The van der Waals surface area contributed by atoms with Gasteiger partial charge in [-0.1, -0.05) is 26.0 Å². The molecule has 0 saturated heterocycles. The number of carbonyl (C=O) groups excluding carboxylic acids is 5. The molecule has 0 aromatic heterocycles. The zero-order valence-corrected chi connectivity index (χ0v) is 22.1. The number of esters is 1. The van der Waals surface area contributed by atoms with Crippen LogP contribution in [0, 0.1) is 5.92 Å². The first-order valence-corrected chi connectivity index (χ1v) is 11.8. The topological polar surface area (TPSA) is 189 Å². The number of amides is 4. The lowest BCUT2D eigenvalue weighted by molar-refractivity contribution is -0.149. The Balaban J connectivity index is 2.60. The molecule has 0 aliphatic rings. The van der Waals surface area contributed by atoms with E-state index in [-0.39, 0.29) is 12.2 Å². The van der Waals surface area contributed by atoms with Crippen LogP contribution in [0.5, 0.6) is 0 Å². The molecule has 1 rings (SSSR count). The van der Waals surface area contributed by atoms with Gasteiger partial charge in [0.2, 0.25) is 17.7 Å². The first-order chi connectivity index (χ1) is 18.5. The lowest BCUT2D eigenvalue weighted by atomic mass is 10.0. The van der Waals surface area contributed by atoms with E-state index in [4.69, 9.17) is 9.84 Å². The summed E-state index contributed by atoms with van der Waals surface area (Å²) in [7, 11) is 1.01. The Labute approximate surface area is 227 Å². The average molecular weight is 577 g/mol. The fraction of sp³-hybridized carbons (Fsp3) is 0.500. The number of carboxylic acids is 1. The number of aliphatic carboxylic acids is 1. The van der Waals surface area contributed by atoms with Gasteiger partial charge in [0.05, 0.1) is 19.1 Å². The lowest BCUT2D eigenvalue weighted by Crippen LogP contribution is -2.57. The van der Waals surface area contributed by atoms with Gasteiger partial charge in [0.1, 0.15) is 31.3 Å². The number of ether oxygens (including phenoxy) is 2. The summed E-state index contributed by atoms with van der Waals surface area (Å²) in [6.45, 7) is 3.51. The molecule has 222 valence electrons. The van der Waals surface area contributed by atoms with E-state index in [2.05, 4.69) is 26.0 Å². The molecule has 0 heterocycles. The Morgan fingerprint density at radius 3 is 2.02 bits per heavy atom. The van der Waals surface area contributed by atoms with E-state index >= 15 is 0 Å². The molecule has 16 heteroatoms. The molecular weight excluding hydrogens is 545 g/mol. The number of hydrogen-bond acceptors (Lipinski definition) is 8. The standard InChI is InChI=1S/C24H31F3N4O9/c1-12(2)19(21(36)29-13(3)20(35)30-16(9-18(33)34)22(37)39-4)31-17(32)10-28-23(38)40-11-14-5-7-15(8-6-14)24(25,26)27/h5-8,12-13,16,19H,9-11H2,1-4H3,(H,28,38)(H,29,36)(H,30,35)(H,31,32)(H,33,34)/t13-,16-,19-/m0/s1. The molecule has 3 atom stereocenters. The van der Waals surface area contributed by atoms with Crippen LogP contribution in [0.3, 0.4) is 0 Å².